The largest absolute Gasteiger partial charge is 0.393 e. The molecule has 2 atom stereocenters. The van der Waals surface area contributed by atoms with Crippen LogP contribution in [-0.2, 0) is 4.79 Å². The first-order chi connectivity index (χ1) is 9.16. The van der Waals surface area contributed by atoms with Crippen LogP contribution in [0.4, 0.5) is 0 Å². The molecule has 2 aliphatic rings. The van der Waals surface area contributed by atoms with E-state index in [1.807, 2.05) is 6.92 Å². The van der Waals surface area contributed by atoms with Gasteiger partial charge in [0.1, 0.15) is 0 Å². The minimum Gasteiger partial charge on any atom is -0.393 e. The van der Waals surface area contributed by atoms with Gasteiger partial charge in [-0.25, -0.2) is 0 Å². The summed E-state index contributed by atoms with van der Waals surface area (Å²) in [6, 6.07) is 0.274. The second-order valence-corrected chi connectivity index (χ2v) is 6.53. The van der Waals surface area contributed by atoms with Gasteiger partial charge in [0.05, 0.1) is 6.10 Å². The lowest BCUT2D eigenvalue weighted by molar-refractivity contribution is -0.135. The summed E-state index contributed by atoms with van der Waals surface area (Å²) in [6.45, 7) is 2.74. The molecule has 3 heteroatoms. The van der Waals surface area contributed by atoms with Crippen molar-refractivity contribution in [2.75, 3.05) is 6.54 Å². The van der Waals surface area contributed by atoms with Crippen molar-refractivity contribution in [2.45, 2.75) is 83.3 Å². The predicted octanol–water partition coefficient (Wildman–Crippen LogP) is 3.11. The molecule has 1 aliphatic carbocycles. The van der Waals surface area contributed by atoms with Gasteiger partial charge in [-0.3, -0.25) is 4.79 Å². The Balaban J connectivity index is 1.93. The molecule has 0 aromatic carbocycles. The Bertz CT molecular complexity index is 284. The van der Waals surface area contributed by atoms with Crippen LogP contribution >= 0.6 is 0 Å². The molecule has 2 fully saturated rings. The number of rotatable bonds is 4. The summed E-state index contributed by atoms with van der Waals surface area (Å²) in [6.07, 6.45) is 10.9. The number of amides is 1. The molecule has 0 aromatic heterocycles. The summed E-state index contributed by atoms with van der Waals surface area (Å²) in [5, 5.41) is 9.64. The van der Waals surface area contributed by atoms with Crippen molar-refractivity contribution in [3.63, 3.8) is 0 Å². The molecule has 0 radical (unpaired) electrons. The second-order valence-electron chi connectivity index (χ2n) is 6.53. The summed E-state index contributed by atoms with van der Waals surface area (Å²) in [5.41, 5.74) is 0. The van der Waals surface area contributed by atoms with Gasteiger partial charge >= 0.3 is 0 Å². The third kappa shape index (κ3) is 4.48. The highest BCUT2D eigenvalue weighted by molar-refractivity contribution is 5.76. The zero-order valence-corrected chi connectivity index (χ0v) is 12.3. The van der Waals surface area contributed by atoms with E-state index in [2.05, 4.69) is 4.90 Å². The maximum Gasteiger partial charge on any atom is 0.223 e. The number of carbonyl (C=O) groups is 1. The Morgan fingerprint density at radius 3 is 2.53 bits per heavy atom. The van der Waals surface area contributed by atoms with Crippen LogP contribution in [0.15, 0.2) is 0 Å². The van der Waals surface area contributed by atoms with Crippen molar-refractivity contribution in [3.8, 4) is 0 Å². The van der Waals surface area contributed by atoms with Gasteiger partial charge < -0.3 is 10.0 Å². The van der Waals surface area contributed by atoms with Crippen LogP contribution in [-0.4, -0.2) is 34.6 Å². The van der Waals surface area contributed by atoms with Crippen LogP contribution in [0.2, 0.25) is 0 Å². The Hall–Kier alpha value is -0.570. The van der Waals surface area contributed by atoms with E-state index in [1.54, 1.807) is 0 Å². The first-order valence-corrected chi connectivity index (χ1v) is 8.14. The number of aliphatic hydroxyl groups is 1. The summed E-state index contributed by atoms with van der Waals surface area (Å²) < 4.78 is 0. The molecule has 3 nitrogen and oxygen atoms in total. The average Bonchev–Trinajstić information content (AvgIpc) is 2.74. The molecule has 110 valence electrons. The lowest BCUT2D eigenvalue weighted by atomic mass is 10.00. The molecule has 2 rings (SSSR count). The molecule has 0 bridgehead atoms. The molecule has 1 aliphatic heterocycles. The highest BCUT2D eigenvalue weighted by Gasteiger charge is 2.28. The summed E-state index contributed by atoms with van der Waals surface area (Å²) in [5.74, 6) is 0.974. The lowest BCUT2D eigenvalue weighted by Gasteiger charge is -2.32. The molecule has 1 amide bonds. The molecule has 2 unspecified atom stereocenters. The number of hydrogen-bond acceptors (Lipinski definition) is 2. The van der Waals surface area contributed by atoms with Gasteiger partial charge in [-0.05, 0) is 44.9 Å². The van der Waals surface area contributed by atoms with E-state index in [9.17, 15) is 9.90 Å². The monoisotopic (exact) mass is 267 g/mol. The number of aliphatic hydroxyl groups excluding tert-OH is 1. The third-order valence-electron chi connectivity index (χ3n) is 4.75. The molecule has 19 heavy (non-hydrogen) atoms. The zero-order chi connectivity index (χ0) is 13.7. The third-order valence-corrected chi connectivity index (χ3v) is 4.75. The van der Waals surface area contributed by atoms with E-state index in [0.717, 1.165) is 32.2 Å². The van der Waals surface area contributed by atoms with Gasteiger partial charge in [0, 0.05) is 19.0 Å². The molecule has 1 heterocycles. The minimum atomic E-state index is -0.301. The fourth-order valence-electron chi connectivity index (χ4n) is 3.72. The second kappa shape index (κ2) is 7.28. The number of hydrogen-bond donors (Lipinski definition) is 1. The highest BCUT2D eigenvalue weighted by atomic mass is 16.3. The highest BCUT2D eigenvalue weighted by Crippen LogP contribution is 2.29. The van der Waals surface area contributed by atoms with Crippen LogP contribution in [0.25, 0.3) is 0 Å². The van der Waals surface area contributed by atoms with E-state index in [1.165, 1.54) is 38.5 Å². The van der Waals surface area contributed by atoms with Crippen LogP contribution in [0.1, 0.15) is 71.1 Å². The Kier molecular flexibility index (Phi) is 5.68. The number of likely N-dealkylation sites (tertiary alicyclic amines) is 1. The molecule has 0 aromatic rings. The number of carbonyl (C=O) groups excluding carboxylic acids is 1. The minimum absolute atomic E-state index is 0.274. The normalized spacial score (nSPS) is 27.3. The lowest BCUT2D eigenvalue weighted by Crippen LogP contribution is -2.42. The van der Waals surface area contributed by atoms with E-state index in [-0.39, 0.29) is 12.1 Å². The predicted molar refractivity (Wildman–Crippen MR) is 76.8 cm³/mol. The first-order valence-electron chi connectivity index (χ1n) is 8.14. The SMILES string of the molecule is CC(O)CC1CCCCCN1C(=O)CC1CCCC1. The van der Waals surface area contributed by atoms with Crippen molar-refractivity contribution < 1.29 is 9.90 Å². The Morgan fingerprint density at radius 2 is 1.84 bits per heavy atom. The maximum atomic E-state index is 12.5. The van der Waals surface area contributed by atoms with Crippen LogP contribution < -0.4 is 0 Å². The summed E-state index contributed by atoms with van der Waals surface area (Å²) in [7, 11) is 0. The Labute approximate surface area is 117 Å². The van der Waals surface area contributed by atoms with Gasteiger partial charge in [-0.1, -0.05) is 25.7 Å². The smallest absolute Gasteiger partial charge is 0.223 e. The maximum absolute atomic E-state index is 12.5. The quantitative estimate of drug-likeness (QED) is 0.850. The van der Waals surface area contributed by atoms with Gasteiger partial charge in [0.2, 0.25) is 5.91 Å². The van der Waals surface area contributed by atoms with Crippen LogP contribution in [0.5, 0.6) is 0 Å². The van der Waals surface area contributed by atoms with E-state index in [0.29, 0.717) is 11.8 Å². The van der Waals surface area contributed by atoms with Crippen molar-refractivity contribution in [3.05, 3.63) is 0 Å². The van der Waals surface area contributed by atoms with E-state index < -0.39 is 0 Å². The van der Waals surface area contributed by atoms with Crippen LogP contribution in [0.3, 0.4) is 0 Å². The Morgan fingerprint density at radius 1 is 1.16 bits per heavy atom. The van der Waals surface area contributed by atoms with Crippen molar-refractivity contribution in [1.82, 2.24) is 4.90 Å². The van der Waals surface area contributed by atoms with Crippen molar-refractivity contribution in [2.24, 2.45) is 5.92 Å². The molecule has 0 spiro atoms. The molecular formula is C16H29NO2. The average molecular weight is 267 g/mol. The van der Waals surface area contributed by atoms with Gasteiger partial charge in [0.15, 0.2) is 0 Å². The van der Waals surface area contributed by atoms with E-state index >= 15 is 0 Å². The van der Waals surface area contributed by atoms with Crippen LogP contribution in [0, 0.1) is 5.92 Å². The summed E-state index contributed by atoms with van der Waals surface area (Å²) in [4.78, 5) is 14.6. The standard InChI is InChI=1S/C16H29NO2/c1-13(18)11-15-9-3-2-6-10-17(15)16(19)12-14-7-4-5-8-14/h13-15,18H,2-12H2,1H3. The summed E-state index contributed by atoms with van der Waals surface area (Å²) >= 11 is 0. The molecule has 1 saturated heterocycles. The topological polar surface area (TPSA) is 40.5 Å². The first kappa shape index (κ1) is 14.8. The fourth-order valence-corrected chi connectivity index (χ4v) is 3.72. The molecular weight excluding hydrogens is 238 g/mol. The zero-order valence-electron chi connectivity index (χ0n) is 12.3. The van der Waals surface area contributed by atoms with Gasteiger partial charge in [-0.2, -0.15) is 0 Å². The molecule has 1 N–H and O–H groups in total. The van der Waals surface area contributed by atoms with Crippen molar-refractivity contribution >= 4 is 5.91 Å². The molecule has 1 saturated carbocycles. The van der Waals surface area contributed by atoms with Crippen molar-refractivity contribution in [1.29, 1.82) is 0 Å². The van der Waals surface area contributed by atoms with Gasteiger partial charge in [-0.15, -0.1) is 0 Å². The number of nitrogens with zero attached hydrogens (tertiary/aromatic N) is 1. The fraction of sp³-hybridized carbons (Fsp3) is 0.938. The van der Waals surface area contributed by atoms with Gasteiger partial charge in [0.25, 0.3) is 0 Å². The van der Waals surface area contributed by atoms with E-state index in [4.69, 9.17) is 0 Å².